The summed E-state index contributed by atoms with van der Waals surface area (Å²) in [6, 6.07) is 4.69. The van der Waals surface area contributed by atoms with Gasteiger partial charge >= 0.3 is 0 Å². The van der Waals surface area contributed by atoms with Crippen molar-refractivity contribution in [2.75, 3.05) is 11.5 Å². The molecule has 0 bridgehead atoms. The van der Waals surface area contributed by atoms with Gasteiger partial charge in [-0.2, -0.15) is 0 Å². The quantitative estimate of drug-likeness (QED) is 0.611. The van der Waals surface area contributed by atoms with Gasteiger partial charge in [0.15, 0.2) is 0 Å². The molecule has 0 amide bonds. The minimum absolute atomic E-state index is 0.253. The molecule has 78 valence electrons. The van der Waals surface area contributed by atoms with Crippen LogP contribution < -0.4 is 5.73 Å². The molecule has 2 N–H and O–H groups in total. The summed E-state index contributed by atoms with van der Waals surface area (Å²) in [5.74, 6) is 1.42. The van der Waals surface area contributed by atoms with Crippen LogP contribution in [0.5, 0.6) is 0 Å². The normalized spacial score (nSPS) is 12.8. The smallest absolute Gasteiger partial charge is 0.126 e. The average molecular weight is 213 g/mol. The molecule has 1 unspecified atom stereocenters. The van der Waals surface area contributed by atoms with Crippen molar-refractivity contribution < 1.29 is 4.39 Å². The number of halogens is 1. The van der Waals surface area contributed by atoms with E-state index < -0.39 is 0 Å². The monoisotopic (exact) mass is 213 g/mol. The van der Waals surface area contributed by atoms with Gasteiger partial charge in [-0.1, -0.05) is 20.3 Å². The van der Waals surface area contributed by atoms with E-state index in [1.165, 1.54) is 12.1 Å². The van der Waals surface area contributed by atoms with Gasteiger partial charge < -0.3 is 5.73 Å². The summed E-state index contributed by atoms with van der Waals surface area (Å²) >= 11 is 1.66. The Bertz CT molecular complexity index is 281. The van der Waals surface area contributed by atoms with Gasteiger partial charge in [-0.25, -0.2) is 4.39 Å². The first-order valence-corrected chi connectivity index (χ1v) is 5.79. The molecule has 0 radical (unpaired) electrons. The van der Waals surface area contributed by atoms with Gasteiger partial charge in [-0.3, -0.25) is 0 Å². The minimum Gasteiger partial charge on any atom is -0.399 e. The zero-order chi connectivity index (χ0) is 10.6. The number of nitrogen functional groups attached to an aromatic ring is 1. The third-order valence-electron chi connectivity index (χ3n) is 2.13. The van der Waals surface area contributed by atoms with E-state index in [1.807, 2.05) is 6.07 Å². The van der Waals surface area contributed by atoms with Gasteiger partial charge in [-0.15, -0.1) is 11.8 Å². The highest BCUT2D eigenvalue weighted by molar-refractivity contribution is 7.99. The maximum absolute atomic E-state index is 12.9. The van der Waals surface area contributed by atoms with Crippen LogP contribution in [0.3, 0.4) is 0 Å². The maximum Gasteiger partial charge on any atom is 0.126 e. The Hall–Kier alpha value is -0.700. The van der Waals surface area contributed by atoms with Crippen LogP contribution >= 0.6 is 11.8 Å². The number of hydrogen-bond acceptors (Lipinski definition) is 2. The Labute approximate surface area is 88.9 Å². The molecule has 0 aliphatic carbocycles. The Kier molecular flexibility index (Phi) is 4.26. The molecule has 0 aliphatic heterocycles. The minimum atomic E-state index is -0.253. The summed E-state index contributed by atoms with van der Waals surface area (Å²) in [7, 11) is 0. The van der Waals surface area contributed by atoms with Crippen molar-refractivity contribution in [3.05, 3.63) is 24.0 Å². The Morgan fingerprint density at radius 2 is 2.14 bits per heavy atom. The van der Waals surface area contributed by atoms with E-state index in [1.54, 1.807) is 11.8 Å². The Morgan fingerprint density at radius 3 is 2.71 bits per heavy atom. The molecule has 0 spiro atoms. The third-order valence-corrected chi connectivity index (χ3v) is 3.43. The van der Waals surface area contributed by atoms with Gasteiger partial charge in [0.1, 0.15) is 5.82 Å². The standard InChI is InChI=1S/C11H16FNS/c1-3-8(2)7-14-11-5-9(12)4-10(13)6-11/h4-6,8H,3,7,13H2,1-2H3. The van der Waals surface area contributed by atoms with Crippen LogP contribution in [0, 0.1) is 11.7 Å². The van der Waals surface area contributed by atoms with Gasteiger partial charge in [0.25, 0.3) is 0 Å². The summed E-state index contributed by atoms with van der Waals surface area (Å²) in [6.07, 6.45) is 1.15. The van der Waals surface area contributed by atoms with Crippen LogP contribution in [0.15, 0.2) is 23.1 Å². The summed E-state index contributed by atoms with van der Waals surface area (Å²) < 4.78 is 12.9. The zero-order valence-corrected chi connectivity index (χ0v) is 9.40. The van der Waals surface area contributed by atoms with Crippen molar-refractivity contribution in [3.8, 4) is 0 Å². The van der Waals surface area contributed by atoms with Crippen LogP contribution in [0.1, 0.15) is 20.3 Å². The molecule has 0 aromatic heterocycles. The first kappa shape index (κ1) is 11.4. The summed E-state index contributed by atoms with van der Waals surface area (Å²) in [5, 5.41) is 0. The molecule has 3 heteroatoms. The highest BCUT2D eigenvalue weighted by Gasteiger charge is 2.02. The largest absolute Gasteiger partial charge is 0.399 e. The van der Waals surface area contributed by atoms with Crippen molar-refractivity contribution in [3.63, 3.8) is 0 Å². The number of hydrogen-bond donors (Lipinski definition) is 1. The molecule has 1 nitrogen and oxygen atoms in total. The molecule has 1 atom stereocenters. The van der Waals surface area contributed by atoms with Crippen LogP contribution in [-0.2, 0) is 0 Å². The van der Waals surface area contributed by atoms with Crippen molar-refractivity contribution in [2.45, 2.75) is 25.2 Å². The second-order valence-electron chi connectivity index (χ2n) is 3.54. The highest BCUT2D eigenvalue weighted by Crippen LogP contribution is 2.24. The lowest BCUT2D eigenvalue weighted by atomic mass is 10.2. The van der Waals surface area contributed by atoms with Crippen LogP contribution in [0.25, 0.3) is 0 Å². The van der Waals surface area contributed by atoms with Crippen LogP contribution in [0.2, 0.25) is 0 Å². The number of nitrogens with two attached hydrogens (primary N) is 1. The lowest BCUT2D eigenvalue weighted by Gasteiger charge is -2.08. The fourth-order valence-electron chi connectivity index (χ4n) is 1.02. The van der Waals surface area contributed by atoms with Gasteiger partial charge in [0, 0.05) is 16.3 Å². The highest BCUT2D eigenvalue weighted by atomic mass is 32.2. The lowest BCUT2D eigenvalue weighted by Crippen LogP contribution is -1.95. The van der Waals surface area contributed by atoms with Gasteiger partial charge in [0.05, 0.1) is 0 Å². The molecule has 0 heterocycles. The topological polar surface area (TPSA) is 26.0 Å². The van der Waals surface area contributed by atoms with E-state index in [0.29, 0.717) is 11.6 Å². The number of benzene rings is 1. The molecule has 0 fully saturated rings. The molecular weight excluding hydrogens is 197 g/mol. The predicted molar refractivity (Wildman–Crippen MR) is 61.0 cm³/mol. The van der Waals surface area contributed by atoms with Crippen LogP contribution in [0.4, 0.5) is 10.1 Å². The SMILES string of the molecule is CCC(C)CSc1cc(N)cc(F)c1. The summed E-state index contributed by atoms with van der Waals surface area (Å²) in [6.45, 7) is 4.35. The average Bonchev–Trinajstić information content (AvgIpc) is 2.12. The molecule has 1 aromatic rings. The first-order valence-electron chi connectivity index (χ1n) is 4.80. The molecule has 0 saturated carbocycles. The summed E-state index contributed by atoms with van der Waals surface area (Å²) in [4.78, 5) is 0.919. The Morgan fingerprint density at radius 1 is 1.43 bits per heavy atom. The fraction of sp³-hybridized carbons (Fsp3) is 0.455. The van der Waals surface area contributed by atoms with E-state index in [-0.39, 0.29) is 5.82 Å². The second kappa shape index (κ2) is 5.25. The number of rotatable bonds is 4. The molecule has 1 rings (SSSR count). The first-order chi connectivity index (χ1) is 6.61. The zero-order valence-electron chi connectivity index (χ0n) is 8.59. The lowest BCUT2D eigenvalue weighted by molar-refractivity contribution is 0.624. The summed E-state index contributed by atoms with van der Waals surface area (Å²) in [5.41, 5.74) is 6.04. The fourth-order valence-corrected chi connectivity index (χ4v) is 2.15. The molecular formula is C11H16FNS. The van der Waals surface area contributed by atoms with Crippen molar-refractivity contribution >= 4 is 17.4 Å². The third kappa shape index (κ3) is 3.58. The van der Waals surface area contributed by atoms with E-state index in [4.69, 9.17) is 5.73 Å². The molecule has 1 aromatic carbocycles. The molecule has 0 saturated heterocycles. The van der Waals surface area contributed by atoms with Crippen molar-refractivity contribution in [1.29, 1.82) is 0 Å². The maximum atomic E-state index is 12.9. The van der Waals surface area contributed by atoms with Crippen molar-refractivity contribution in [2.24, 2.45) is 5.92 Å². The molecule has 0 aliphatic rings. The second-order valence-corrected chi connectivity index (χ2v) is 4.64. The molecule has 14 heavy (non-hydrogen) atoms. The van der Waals surface area contributed by atoms with Crippen LogP contribution in [-0.4, -0.2) is 5.75 Å². The van der Waals surface area contributed by atoms with E-state index in [2.05, 4.69) is 13.8 Å². The van der Waals surface area contributed by atoms with Crippen molar-refractivity contribution in [1.82, 2.24) is 0 Å². The van der Waals surface area contributed by atoms with Gasteiger partial charge in [0.2, 0.25) is 0 Å². The Balaban J connectivity index is 2.58. The van der Waals surface area contributed by atoms with Gasteiger partial charge in [-0.05, 0) is 24.1 Å². The van der Waals surface area contributed by atoms with E-state index >= 15 is 0 Å². The number of anilines is 1. The number of thioether (sulfide) groups is 1. The van der Waals surface area contributed by atoms with E-state index in [9.17, 15) is 4.39 Å². The predicted octanol–water partition coefficient (Wildman–Crippen LogP) is 3.55. The van der Waals surface area contributed by atoms with E-state index in [0.717, 1.165) is 17.1 Å².